The molecule has 0 fully saturated rings. The lowest BCUT2D eigenvalue weighted by atomic mass is 10.1. The van der Waals surface area contributed by atoms with Crippen LogP contribution in [0.1, 0.15) is 22.3 Å². The lowest BCUT2D eigenvalue weighted by Crippen LogP contribution is -2.01. The van der Waals surface area contributed by atoms with Crippen LogP contribution in [0.15, 0.2) is 36.4 Å². The van der Waals surface area contributed by atoms with E-state index in [1.54, 1.807) is 0 Å². The Morgan fingerprint density at radius 2 is 1.81 bits per heavy atom. The summed E-state index contributed by atoms with van der Waals surface area (Å²) in [5.41, 5.74) is 3.76. The van der Waals surface area contributed by atoms with Gasteiger partial charge >= 0.3 is 5.69 Å². The highest BCUT2D eigenvalue weighted by Gasteiger charge is 2.15. The Hall–Kier alpha value is -2.40. The van der Waals surface area contributed by atoms with Gasteiger partial charge in [-0.1, -0.05) is 18.2 Å². The van der Waals surface area contributed by atoms with Gasteiger partial charge in [-0.05, 0) is 48.2 Å². The second-order valence-electron chi connectivity index (χ2n) is 4.92. The fourth-order valence-corrected chi connectivity index (χ4v) is 1.98. The van der Waals surface area contributed by atoms with Crippen molar-refractivity contribution in [2.45, 2.75) is 27.1 Å². The standard InChI is InChI=1S/C16H17NO4/c1-11-3-4-14(7-12(11)2)10-21-16-8-13(9-18)5-6-15(16)17(19)20/h3-8,18H,9-10H2,1-2H3. The SMILES string of the molecule is Cc1ccc(COc2cc(CO)ccc2[N+](=O)[O-])cc1C. The van der Waals surface area contributed by atoms with Crippen molar-refractivity contribution >= 4 is 5.69 Å². The van der Waals surface area contributed by atoms with Crippen LogP contribution in [0.4, 0.5) is 5.69 Å². The number of nitro groups is 1. The number of ether oxygens (including phenoxy) is 1. The van der Waals surface area contributed by atoms with Crippen molar-refractivity contribution in [2.75, 3.05) is 0 Å². The van der Waals surface area contributed by atoms with E-state index in [2.05, 4.69) is 0 Å². The molecule has 0 atom stereocenters. The van der Waals surface area contributed by atoms with E-state index in [-0.39, 0.29) is 24.7 Å². The monoisotopic (exact) mass is 287 g/mol. The zero-order valence-corrected chi connectivity index (χ0v) is 12.0. The van der Waals surface area contributed by atoms with E-state index in [1.807, 2.05) is 32.0 Å². The molecule has 5 nitrogen and oxygen atoms in total. The smallest absolute Gasteiger partial charge is 0.310 e. The first-order valence-electron chi connectivity index (χ1n) is 6.58. The number of nitro benzene ring substituents is 1. The molecule has 0 heterocycles. The Kier molecular flexibility index (Phi) is 4.55. The third-order valence-corrected chi connectivity index (χ3v) is 3.37. The summed E-state index contributed by atoms with van der Waals surface area (Å²) in [5.74, 6) is 0.171. The average Bonchev–Trinajstić information content (AvgIpc) is 2.48. The van der Waals surface area contributed by atoms with Gasteiger partial charge in [0.15, 0.2) is 5.75 Å². The summed E-state index contributed by atoms with van der Waals surface area (Å²) in [7, 11) is 0. The van der Waals surface area contributed by atoms with E-state index in [0.717, 1.165) is 11.1 Å². The van der Waals surface area contributed by atoms with Crippen LogP contribution in [-0.4, -0.2) is 10.0 Å². The highest BCUT2D eigenvalue weighted by atomic mass is 16.6. The minimum absolute atomic E-state index is 0.101. The minimum Gasteiger partial charge on any atom is -0.482 e. The normalized spacial score (nSPS) is 10.4. The number of hydrogen-bond acceptors (Lipinski definition) is 4. The van der Waals surface area contributed by atoms with Crippen LogP contribution in [0.5, 0.6) is 5.75 Å². The van der Waals surface area contributed by atoms with Crippen molar-refractivity contribution in [3.63, 3.8) is 0 Å². The average molecular weight is 287 g/mol. The molecule has 0 spiro atoms. The summed E-state index contributed by atoms with van der Waals surface area (Å²) in [6.45, 7) is 4.10. The molecule has 21 heavy (non-hydrogen) atoms. The third kappa shape index (κ3) is 3.58. The number of rotatable bonds is 5. The maximum absolute atomic E-state index is 11.0. The molecule has 0 saturated heterocycles. The first-order chi connectivity index (χ1) is 10.0. The van der Waals surface area contributed by atoms with Gasteiger partial charge in [0, 0.05) is 6.07 Å². The van der Waals surface area contributed by atoms with Crippen LogP contribution in [0.3, 0.4) is 0 Å². The molecule has 0 aliphatic heterocycles. The van der Waals surface area contributed by atoms with Crippen LogP contribution in [0.25, 0.3) is 0 Å². The molecular weight excluding hydrogens is 270 g/mol. The third-order valence-electron chi connectivity index (χ3n) is 3.37. The van der Waals surface area contributed by atoms with Gasteiger partial charge in [0.1, 0.15) is 6.61 Å². The fourth-order valence-electron chi connectivity index (χ4n) is 1.98. The molecule has 2 aromatic rings. The molecule has 0 radical (unpaired) electrons. The summed E-state index contributed by atoms with van der Waals surface area (Å²) in [4.78, 5) is 10.5. The molecule has 0 amide bonds. The Labute approximate surface area is 123 Å². The molecule has 110 valence electrons. The van der Waals surface area contributed by atoms with Gasteiger partial charge in [-0.15, -0.1) is 0 Å². The molecule has 0 bridgehead atoms. The van der Waals surface area contributed by atoms with Gasteiger partial charge in [-0.3, -0.25) is 10.1 Å². The molecule has 0 aliphatic carbocycles. The van der Waals surface area contributed by atoms with Crippen LogP contribution in [0.2, 0.25) is 0 Å². The summed E-state index contributed by atoms with van der Waals surface area (Å²) in [6.07, 6.45) is 0. The number of benzene rings is 2. The fraction of sp³-hybridized carbons (Fsp3) is 0.250. The topological polar surface area (TPSA) is 72.6 Å². The zero-order chi connectivity index (χ0) is 15.4. The molecule has 5 heteroatoms. The van der Waals surface area contributed by atoms with Crippen LogP contribution < -0.4 is 4.74 Å². The maximum Gasteiger partial charge on any atom is 0.310 e. The Morgan fingerprint density at radius 3 is 2.43 bits per heavy atom. The highest BCUT2D eigenvalue weighted by molar-refractivity contribution is 5.48. The Bertz CT molecular complexity index is 667. The number of aryl methyl sites for hydroxylation is 2. The predicted molar refractivity (Wildman–Crippen MR) is 79.3 cm³/mol. The van der Waals surface area contributed by atoms with Crippen molar-refractivity contribution in [1.82, 2.24) is 0 Å². The van der Waals surface area contributed by atoms with Crippen LogP contribution >= 0.6 is 0 Å². The molecule has 0 aromatic heterocycles. The van der Waals surface area contributed by atoms with E-state index in [4.69, 9.17) is 9.84 Å². The highest BCUT2D eigenvalue weighted by Crippen LogP contribution is 2.29. The number of nitrogens with zero attached hydrogens (tertiary/aromatic N) is 1. The second kappa shape index (κ2) is 6.37. The van der Waals surface area contributed by atoms with Crippen molar-refractivity contribution in [1.29, 1.82) is 0 Å². The quantitative estimate of drug-likeness (QED) is 0.676. The van der Waals surface area contributed by atoms with Gasteiger partial charge in [0.05, 0.1) is 11.5 Å². The zero-order valence-electron chi connectivity index (χ0n) is 12.0. The molecule has 0 aliphatic rings. The van der Waals surface area contributed by atoms with E-state index >= 15 is 0 Å². The van der Waals surface area contributed by atoms with E-state index in [1.165, 1.54) is 23.8 Å². The number of aliphatic hydroxyl groups is 1. The van der Waals surface area contributed by atoms with E-state index in [9.17, 15) is 10.1 Å². The Balaban J connectivity index is 2.21. The number of hydrogen-bond donors (Lipinski definition) is 1. The summed E-state index contributed by atoms with van der Waals surface area (Å²) >= 11 is 0. The summed E-state index contributed by atoms with van der Waals surface area (Å²) in [6, 6.07) is 10.3. The van der Waals surface area contributed by atoms with Crippen LogP contribution in [0, 0.1) is 24.0 Å². The lowest BCUT2D eigenvalue weighted by Gasteiger charge is -2.09. The lowest BCUT2D eigenvalue weighted by molar-refractivity contribution is -0.386. The Morgan fingerprint density at radius 1 is 1.10 bits per heavy atom. The van der Waals surface area contributed by atoms with Gasteiger partial charge in [-0.25, -0.2) is 0 Å². The van der Waals surface area contributed by atoms with Crippen molar-refractivity contribution in [3.05, 3.63) is 68.8 Å². The number of aliphatic hydroxyl groups excluding tert-OH is 1. The van der Waals surface area contributed by atoms with Crippen molar-refractivity contribution in [2.24, 2.45) is 0 Å². The maximum atomic E-state index is 11.0. The summed E-state index contributed by atoms with van der Waals surface area (Å²) in [5, 5.41) is 20.1. The first kappa shape index (κ1) is 15.0. The van der Waals surface area contributed by atoms with Crippen molar-refractivity contribution < 1.29 is 14.8 Å². The molecular formula is C16H17NO4. The largest absolute Gasteiger partial charge is 0.482 e. The molecule has 2 rings (SSSR count). The van der Waals surface area contributed by atoms with Crippen LogP contribution in [-0.2, 0) is 13.2 Å². The summed E-state index contributed by atoms with van der Waals surface area (Å²) < 4.78 is 5.57. The second-order valence-corrected chi connectivity index (χ2v) is 4.92. The molecule has 0 unspecified atom stereocenters. The first-order valence-corrected chi connectivity index (χ1v) is 6.58. The minimum atomic E-state index is -0.489. The van der Waals surface area contributed by atoms with Gasteiger partial charge in [0.25, 0.3) is 0 Å². The predicted octanol–water partition coefficient (Wildman–Crippen LogP) is 3.28. The van der Waals surface area contributed by atoms with E-state index < -0.39 is 4.92 Å². The van der Waals surface area contributed by atoms with Gasteiger partial charge in [-0.2, -0.15) is 0 Å². The molecule has 0 saturated carbocycles. The van der Waals surface area contributed by atoms with Crippen molar-refractivity contribution in [3.8, 4) is 5.75 Å². The van der Waals surface area contributed by atoms with Gasteiger partial charge < -0.3 is 9.84 Å². The van der Waals surface area contributed by atoms with E-state index in [0.29, 0.717) is 5.56 Å². The van der Waals surface area contributed by atoms with Gasteiger partial charge in [0.2, 0.25) is 0 Å². The molecule has 1 N–H and O–H groups in total. The molecule has 2 aromatic carbocycles.